The zero-order chi connectivity index (χ0) is 11.8. The molecule has 1 rings (SSSR count). The molecule has 0 fully saturated rings. The van der Waals surface area contributed by atoms with Gasteiger partial charge in [0.2, 0.25) is 5.91 Å². The lowest BCUT2D eigenvalue weighted by molar-refractivity contribution is -0.121. The molecule has 0 aliphatic carbocycles. The number of hydrogen-bond acceptors (Lipinski definition) is 2. The quantitative estimate of drug-likeness (QED) is 0.718. The Hall–Kier alpha value is -1.42. The first-order chi connectivity index (χ1) is 7.72. The first kappa shape index (κ1) is 12.6. The summed E-state index contributed by atoms with van der Waals surface area (Å²) in [6.45, 7) is 3.90. The maximum Gasteiger partial charge on any atom is 0.221 e. The van der Waals surface area contributed by atoms with Gasteiger partial charge in [0.25, 0.3) is 0 Å². The summed E-state index contributed by atoms with van der Waals surface area (Å²) >= 11 is 0. The standard InChI is InChI=1S/C12H17FN2O/c1-2-14-7-6-12(16)15-9-10-4-3-5-11(13)8-10/h3-5,8,14H,2,6-7,9H2,1H3,(H,15,16). The monoisotopic (exact) mass is 224 g/mol. The zero-order valence-corrected chi connectivity index (χ0v) is 9.42. The highest BCUT2D eigenvalue weighted by molar-refractivity contribution is 5.76. The van der Waals surface area contributed by atoms with Crippen molar-refractivity contribution in [3.8, 4) is 0 Å². The van der Waals surface area contributed by atoms with Gasteiger partial charge in [0.1, 0.15) is 5.82 Å². The summed E-state index contributed by atoms with van der Waals surface area (Å²) in [5.41, 5.74) is 0.775. The highest BCUT2D eigenvalue weighted by Crippen LogP contribution is 2.02. The van der Waals surface area contributed by atoms with Crippen LogP contribution in [0.4, 0.5) is 4.39 Å². The number of rotatable bonds is 6. The molecule has 0 aliphatic heterocycles. The first-order valence-electron chi connectivity index (χ1n) is 5.44. The Morgan fingerprint density at radius 1 is 1.44 bits per heavy atom. The number of halogens is 1. The van der Waals surface area contributed by atoms with Gasteiger partial charge in [-0.05, 0) is 24.2 Å². The molecule has 0 bridgehead atoms. The Morgan fingerprint density at radius 3 is 2.94 bits per heavy atom. The smallest absolute Gasteiger partial charge is 0.221 e. The Bertz CT molecular complexity index is 342. The number of carbonyl (C=O) groups excluding carboxylic acids is 1. The molecule has 0 heterocycles. The molecule has 88 valence electrons. The second-order valence-electron chi connectivity index (χ2n) is 3.51. The topological polar surface area (TPSA) is 41.1 Å². The molecular weight excluding hydrogens is 207 g/mol. The van der Waals surface area contributed by atoms with Gasteiger partial charge in [-0.25, -0.2) is 4.39 Å². The van der Waals surface area contributed by atoms with Crippen molar-refractivity contribution in [2.24, 2.45) is 0 Å². The summed E-state index contributed by atoms with van der Waals surface area (Å²) in [6, 6.07) is 6.23. The van der Waals surface area contributed by atoms with Crippen LogP contribution in [0.2, 0.25) is 0 Å². The van der Waals surface area contributed by atoms with Crippen LogP contribution in [0.25, 0.3) is 0 Å². The van der Waals surface area contributed by atoms with E-state index in [1.807, 2.05) is 6.92 Å². The molecule has 0 spiro atoms. The van der Waals surface area contributed by atoms with E-state index < -0.39 is 0 Å². The lowest BCUT2D eigenvalue weighted by Crippen LogP contribution is -2.27. The van der Waals surface area contributed by atoms with Crippen LogP contribution in [0.5, 0.6) is 0 Å². The molecule has 3 nitrogen and oxygen atoms in total. The Kier molecular flexibility index (Phi) is 5.50. The van der Waals surface area contributed by atoms with Gasteiger partial charge in [-0.3, -0.25) is 4.79 Å². The van der Waals surface area contributed by atoms with Gasteiger partial charge in [0.15, 0.2) is 0 Å². The molecule has 1 aromatic rings. The van der Waals surface area contributed by atoms with E-state index in [0.29, 0.717) is 19.5 Å². The third-order valence-corrected chi connectivity index (χ3v) is 2.16. The summed E-state index contributed by atoms with van der Waals surface area (Å²) < 4.78 is 12.8. The van der Waals surface area contributed by atoms with Crippen molar-refractivity contribution in [3.05, 3.63) is 35.6 Å². The van der Waals surface area contributed by atoms with Gasteiger partial charge in [-0.1, -0.05) is 19.1 Å². The van der Waals surface area contributed by atoms with E-state index >= 15 is 0 Å². The summed E-state index contributed by atoms with van der Waals surface area (Å²) in [5, 5.41) is 5.81. The largest absolute Gasteiger partial charge is 0.352 e. The fourth-order valence-electron chi connectivity index (χ4n) is 1.31. The van der Waals surface area contributed by atoms with Crippen LogP contribution in [0.15, 0.2) is 24.3 Å². The van der Waals surface area contributed by atoms with Crippen LogP contribution < -0.4 is 10.6 Å². The predicted molar refractivity (Wildman–Crippen MR) is 61.4 cm³/mol. The molecule has 4 heteroatoms. The summed E-state index contributed by atoms with van der Waals surface area (Å²) in [4.78, 5) is 11.3. The highest BCUT2D eigenvalue weighted by atomic mass is 19.1. The van der Waals surface area contributed by atoms with E-state index in [1.165, 1.54) is 12.1 Å². The van der Waals surface area contributed by atoms with Gasteiger partial charge >= 0.3 is 0 Å². The molecule has 0 radical (unpaired) electrons. The minimum absolute atomic E-state index is 0.0230. The van der Waals surface area contributed by atoms with Crippen LogP contribution >= 0.6 is 0 Å². The SMILES string of the molecule is CCNCCC(=O)NCc1cccc(F)c1. The van der Waals surface area contributed by atoms with Gasteiger partial charge in [-0.15, -0.1) is 0 Å². The zero-order valence-electron chi connectivity index (χ0n) is 9.42. The van der Waals surface area contributed by atoms with Crippen molar-refractivity contribution in [1.29, 1.82) is 0 Å². The van der Waals surface area contributed by atoms with Crippen molar-refractivity contribution in [2.75, 3.05) is 13.1 Å². The Labute approximate surface area is 95.0 Å². The maximum atomic E-state index is 12.8. The fourth-order valence-corrected chi connectivity index (χ4v) is 1.31. The maximum absolute atomic E-state index is 12.8. The van der Waals surface area contributed by atoms with Crippen LogP contribution in [-0.2, 0) is 11.3 Å². The summed E-state index contributed by atoms with van der Waals surface area (Å²) in [6.07, 6.45) is 0.448. The molecule has 1 amide bonds. The number of nitrogens with one attached hydrogen (secondary N) is 2. The number of benzene rings is 1. The molecule has 0 saturated heterocycles. The van der Waals surface area contributed by atoms with Crippen LogP contribution in [0.1, 0.15) is 18.9 Å². The molecule has 16 heavy (non-hydrogen) atoms. The average molecular weight is 224 g/mol. The molecule has 0 atom stereocenters. The van der Waals surface area contributed by atoms with E-state index in [2.05, 4.69) is 10.6 Å². The van der Waals surface area contributed by atoms with Crippen molar-refractivity contribution in [2.45, 2.75) is 19.9 Å². The second kappa shape index (κ2) is 6.95. The second-order valence-corrected chi connectivity index (χ2v) is 3.51. The van der Waals surface area contributed by atoms with E-state index in [0.717, 1.165) is 12.1 Å². The van der Waals surface area contributed by atoms with Crippen LogP contribution in [-0.4, -0.2) is 19.0 Å². The van der Waals surface area contributed by atoms with E-state index in [4.69, 9.17) is 0 Å². The van der Waals surface area contributed by atoms with Crippen molar-refractivity contribution in [3.63, 3.8) is 0 Å². The van der Waals surface area contributed by atoms with Gasteiger partial charge in [0.05, 0.1) is 0 Å². The molecule has 2 N–H and O–H groups in total. The van der Waals surface area contributed by atoms with Crippen molar-refractivity contribution in [1.82, 2.24) is 10.6 Å². The number of hydrogen-bond donors (Lipinski definition) is 2. The van der Waals surface area contributed by atoms with Crippen molar-refractivity contribution >= 4 is 5.91 Å². The minimum atomic E-state index is -0.278. The van der Waals surface area contributed by atoms with E-state index in [1.54, 1.807) is 12.1 Å². The molecule has 0 aliphatic rings. The van der Waals surface area contributed by atoms with E-state index in [-0.39, 0.29) is 11.7 Å². The first-order valence-corrected chi connectivity index (χ1v) is 5.44. The molecule has 0 aromatic heterocycles. The number of carbonyl (C=O) groups is 1. The van der Waals surface area contributed by atoms with Crippen LogP contribution in [0, 0.1) is 5.82 Å². The summed E-state index contributed by atoms with van der Waals surface area (Å²) in [5.74, 6) is -0.301. The van der Waals surface area contributed by atoms with Gasteiger partial charge in [-0.2, -0.15) is 0 Å². The van der Waals surface area contributed by atoms with E-state index in [9.17, 15) is 9.18 Å². The predicted octanol–water partition coefficient (Wildman–Crippen LogP) is 1.44. The average Bonchev–Trinajstić information content (AvgIpc) is 2.27. The molecule has 0 unspecified atom stereocenters. The number of amides is 1. The molecular formula is C12H17FN2O. The Balaban J connectivity index is 2.26. The van der Waals surface area contributed by atoms with Crippen molar-refractivity contribution < 1.29 is 9.18 Å². The lowest BCUT2D eigenvalue weighted by atomic mass is 10.2. The normalized spacial score (nSPS) is 10.1. The third-order valence-electron chi connectivity index (χ3n) is 2.16. The molecule has 0 saturated carbocycles. The molecule has 1 aromatic carbocycles. The lowest BCUT2D eigenvalue weighted by Gasteiger charge is -2.05. The van der Waals surface area contributed by atoms with Gasteiger partial charge < -0.3 is 10.6 Å². The third kappa shape index (κ3) is 4.89. The fraction of sp³-hybridized carbons (Fsp3) is 0.417. The Morgan fingerprint density at radius 2 is 2.25 bits per heavy atom. The van der Waals surface area contributed by atoms with Gasteiger partial charge in [0, 0.05) is 19.5 Å². The highest BCUT2D eigenvalue weighted by Gasteiger charge is 2.00. The summed E-state index contributed by atoms with van der Waals surface area (Å²) in [7, 11) is 0. The van der Waals surface area contributed by atoms with Crippen LogP contribution in [0.3, 0.4) is 0 Å². The minimum Gasteiger partial charge on any atom is -0.352 e.